The number of hydrogen-bond donors (Lipinski definition) is 1. The number of amides is 1. The fraction of sp³-hybridized carbons (Fsp3) is 0.188. The number of halogens is 1. The molecule has 2 aromatic carbocycles. The first-order chi connectivity index (χ1) is 10.1. The number of carbonyl (C=O) groups is 1. The van der Waals surface area contributed by atoms with E-state index in [2.05, 4.69) is 15.9 Å². The number of ether oxygens (including phenoxy) is 1. The third kappa shape index (κ3) is 3.03. The largest absolute Gasteiger partial charge is 0.492 e. The second-order valence-corrected chi connectivity index (χ2v) is 5.83. The first-order valence-electron chi connectivity index (χ1n) is 6.70. The van der Waals surface area contributed by atoms with Gasteiger partial charge in [-0.15, -0.1) is 0 Å². The Kier molecular flexibility index (Phi) is 3.84. The van der Waals surface area contributed by atoms with Crippen molar-refractivity contribution in [3.8, 4) is 5.75 Å². The van der Waals surface area contributed by atoms with Gasteiger partial charge in [0.05, 0.1) is 13.0 Å². The minimum Gasteiger partial charge on any atom is -0.492 e. The summed E-state index contributed by atoms with van der Waals surface area (Å²) in [6.45, 7) is 0.980. The van der Waals surface area contributed by atoms with E-state index in [4.69, 9.17) is 10.5 Å². The third-order valence-corrected chi connectivity index (χ3v) is 3.91. The lowest BCUT2D eigenvalue weighted by Crippen LogP contribution is -2.31. The van der Waals surface area contributed by atoms with E-state index in [1.807, 2.05) is 42.5 Å². The molecule has 0 unspecified atom stereocenters. The Bertz CT molecular complexity index is 688. The van der Waals surface area contributed by atoms with E-state index in [1.165, 1.54) is 0 Å². The molecule has 0 atom stereocenters. The van der Waals surface area contributed by atoms with Crippen LogP contribution in [0, 0.1) is 0 Å². The van der Waals surface area contributed by atoms with Crippen molar-refractivity contribution in [2.75, 3.05) is 23.8 Å². The van der Waals surface area contributed by atoms with Crippen LogP contribution in [-0.2, 0) is 11.2 Å². The average molecular weight is 347 g/mol. The molecule has 5 heteroatoms. The summed E-state index contributed by atoms with van der Waals surface area (Å²) >= 11 is 3.40. The van der Waals surface area contributed by atoms with Crippen LogP contribution in [0.2, 0.25) is 0 Å². The van der Waals surface area contributed by atoms with Gasteiger partial charge in [-0.05, 0) is 42.0 Å². The summed E-state index contributed by atoms with van der Waals surface area (Å²) in [7, 11) is 0. The first-order valence-corrected chi connectivity index (χ1v) is 7.50. The number of rotatable bonds is 4. The minimum atomic E-state index is 0.0912. The van der Waals surface area contributed by atoms with Gasteiger partial charge in [0.25, 0.3) is 0 Å². The molecule has 1 heterocycles. The van der Waals surface area contributed by atoms with Gasteiger partial charge in [-0.25, -0.2) is 0 Å². The predicted molar refractivity (Wildman–Crippen MR) is 86.5 cm³/mol. The van der Waals surface area contributed by atoms with Crippen molar-refractivity contribution >= 4 is 33.2 Å². The van der Waals surface area contributed by atoms with Crippen molar-refractivity contribution in [1.82, 2.24) is 0 Å². The topological polar surface area (TPSA) is 55.6 Å². The van der Waals surface area contributed by atoms with Gasteiger partial charge in [0.1, 0.15) is 12.4 Å². The predicted octanol–water partition coefficient (Wildman–Crippen LogP) is 3.00. The van der Waals surface area contributed by atoms with Gasteiger partial charge in [0.15, 0.2) is 0 Å². The maximum atomic E-state index is 12.1. The summed E-state index contributed by atoms with van der Waals surface area (Å²) in [5, 5.41) is 0. The molecular weight excluding hydrogens is 332 g/mol. The number of anilines is 2. The molecule has 0 spiro atoms. The van der Waals surface area contributed by atoms with Crippen molar-refractivity contribution in [2.45, 2.75) is 6.42 Å². The quantitative estimate of drug-likeness (QED) is 0.865. The number of nitrogens with zero attached hydrogens (tertiary/aromatic N) is 1. The summed E-state index contributed by atoms with van der Waals surface area (Å²) in [5.41, 5.74) is 8.37. The number of nitrogen functional groups attached to an aromatic ring is 1. The molecule has 3 rings (SSSR count). The fourth-order valence-electron chi connectivity index (χ4n) is 2.46. The van der Waals surface area contributed by atoms with Crippen LogP contribution in [0.25, 0.3) is 0 Å². The normalized spacial score (nSPS) is 13.4. The van der Waals surface area contributed by atoms with Crippen LogP contribution < -0.4 is 15.4 Å². The number of carbonyl (C=O) groups excluding carboxylic acids is 1. The maximum absolute atomic E-state index is 12.1. The molecule has 2 aromatic rings. The van der Waals surface area contributed by atoms with Crippen LogP contribution in [0.3, 0.4) is 0 Å². The van der Waals surface area contributed by atoms with E-state index in [9.17, 15) is 4.79 Å². The molecule has 108 valence electrons. The average Bonchev–Trinajstić information content (AvgIpc) is 2.74. The molecule has 2 N–H and O–H groups in total. The van der Waals surface area contributed by atoms with Crippen molar-refractivity contribution in [3.05, 3.63) is 52.5 Å². The summed E-state index contributed by atoms with van der Waals surface area (Å²) in [6.07, 6.45) is 0.414. The summed E-state index contributed by atoms with van der Waals surface area (Å²) in [4.78, 5) is 13.8. The Morgan fingerprint density at radius 1 is 1.24 bits per heavy atom. The monoisotopic (exact) mass is 346 g/mol. The van der Waals surface area contributed by atoms with E-state index in [0.29, 0.717) is 25.3 Å². The number of nitrogens with two attached hydrogens (primary N) is 1. The summed E-state index contributed by atoms with van der Waals surface area (Å²) in [6, 6.07) is 13.2. The number of benzene rings is 2. The third-order valence-electron chi connectivity index (χ3n) is 3.42. The zero-order valence-corrected chi connectivity index (χ0v) is 13.0. The van der Waals surface area contributed by atoms with Crippen LogP contribution in [0.5, 0.6) is 5.75 Å². The number of fused-ring (bicyclic) bond motifs is 1. The van der Waals surface area contributed by atoms with Gasteiger partial charge >= 0.3 is 0 Å². The zero-order valence-electron chi connectivity index (χ0n) is 11.4. The lowest BCUT2D eigenvalue weighted by molar-refractivity contribution is -0.117. The highest BCUT2D eigenvalue weighted by atomic mass is 79.9. The lowest BCUT2D eigenvalue weighted by atomic mass is 10.1. The lowest BCUT2D eigenvalue weighted by Gasteiger charge is -2.18. The van der Waals surface area contributed by atoms with Gasteiger partial charge < -0.3 is 15.4 Å². The first kappa shape index (κ1) is 13.9. The molecule has 0 fully saturated rings. The SMILES string of the molecule is Nc1ccc2c(c1)CC(=O)N2CCOc1cccc(Br)c1. The van der Waals surface area contributed by atoms with Crippen LogP contribution in [-0.4, -0.2) is 19.1 Å². The van der Waals surface area contributed by atoms with E-state index in [0.717, 1.165) is 21.5 Å². The van der Waals surface area contributed by atoms with Gasteiger partial charge in [-0.2, -0.15) is 0 Å². The van der Waals surface area contributed by atoms with Gasteiger partial charge in [0, 0.05) is 15.8 Å². The Labute approximate surface area is 131 Å². The van der Waals surface area contributed by atoms with Crippen LogP contribution in [0.4, 0.5) is 11.4 Å². The smallest absolute Gasteiger partial charge is 0.231 e. The van der Waals surface area contributed by atoms with Crippen LogP contribution in [0.15, 0.2) is 46.9 Å². The molecule has 21 heavy (non-hydrogen) atoms. The van der Waals surface area contributed by atoms with Crippen molar-refractivity contribution in [3.63, 3.8) is 0 Å². The van der Waals surface area contributed by atoms with E-state index in [1.54, 1.807) is 4.90 Å². The molecule has 1 amide bonds. The molecular formula is C16H15BrN2O2. The fourth-order valence-corrected chi connectivity index (χ4v) is 2.84. The molecule has 0 radical (unpaired) electrons. The highest BCUT2D eigenvalue weighted by Gasteiger charge is 2.26. The van der Waals surface area contributed by atoms with Crippen molar-refractivity contribution in [2.24, 2.45) is 0 Å². The number of hydrogen-bond acceptors (Lipinski definition) is 3. The molecule has 1 aliphatic heterocycles. The standard InChI is InChI=1S/C16H15BrN2O2/c17-12-2-1-3-14(10-12)21-7-6-19-15-5-4-13(18)8-11(15)9-16(19)20/h1-5,8,10H,6-7,9,18H2. The Morgan fingerprint density at radius 2 is 2.10 bits per heavy atom. The minimum absolute atomic E-state index is 0.0912. The maximum Gasteiger partial charge on any atom is 0.231 e. The van der Waals surface area contributed by atoms with Gasteiger partial charge in [0.2, 0.25) is 5.91 Å². The Hall–Kier alpha value is -2.01. The highest BCUT2D eigenvalue weighted by molar-refractivity contribution is 9.10. The molecule has 0 bridgehead atoms. The molecule has 0 saturated heterocycles. The van der Waals surface area contributed by atoms with Gasteiger partial charge in [-0.1, -0.05) is 22.0 Å². The molecule has 0 aliphatic carbocycles. The van der Waals surface area contributed by atoms with Gasteiger partial charge in [-0.3, -0.25) is 4.79 Å². The Balaban J connectivity index is 1.65. The van der Waals surface area contributed by atoms with E-state index in [-0.39, 0.29) is 5.91 Å². The highest BCUT2D eigenvalue weighted by Crippen LogP contribution is 2.30. The van der Waals surface area contributed by atoms with Crippen molar-refractivity contribution < 1.29 is 9.53 Å². The molecule has 0 aromatic heterocycles. The zero-order chi connectivity index (χ0) is 14.8. The molecule has 1 aliphatic rings. The van der Waals surface area contributed by atoms with Crippen molar-refractivity contribution in [1.29, 1.82) is 0 Å². The van der Waals surface area contributed by atoms with Crippen LogP contribution in [0.1, 0.15) is 5.56 Å². The van der Waals surface area contributed by atoms with Crippen LogP contribution >= 0.6 is 15.9 Å². The van der Waals surface area contributed by atoms with E-state index < -0.39 is 0 Å². The second kappa shape index (κ2) is 5.77. The summed E-state index contributed by atoms with van der Waals surface area (Å²) < 4.78 is 6.66. The second-order valence-electron chi connectivity index (χ2n) is 4.92. The molecule has 4 nitrogen and oxygen atoms in total. The Morgan fingerprint density at radius 3 is 2.90 bits per heavy atom. The molecule has 0 saturated carbocycles. The summed E-state index contributed by atoms with van der Waals surface area (Å²) in [5.74, 6) is 0.877. The van der Waals surface area contributed by atoms with E-state index >= 15 is 0 Å².